The van der Waals surface area contributed by atoms with Crippen molar-refractivity contribution in [2.45, 2.75) is 19.7 Å². The Hall–Kier alpha value is -2.68. The molecule has 0 fully saturated rings. The number of aromatic nitrogens is 1. The lowest BCUT2D eigenvalue weighted by Gasteiger charge is -2.12. The van der Waals surface area contributed by atoms with Gasteiger partial charge in [-0.1, -0.05) is 30.3 Å². The van der Waals surface area contributed by atoms with Crippen LogP contribution < -0.4 is 15.4 Å². The third-order valence-electron chi connectivity index (χ3n) is 4.07. The van der Waals surface area contributed by atoms with E-state index in [9.17, 15) is 4.39 Å². The maximum Gasteiger partial charge on any atom is 0.191 e. The van der Waals surface area contributed by atoms with E-state index < -0.39 is 0 Å². The average Bonchev–Trinajstić information content (AvgIpc) is 2.74. The molecule has 0 radical (unpaired) electrons. The van der Waals surface area contributed by atoms with Gasteiger partial charge in [-0.2, -0.15) is 0 Å². The van der Waals surface area contributed by atoms with Crippen molar-refractivity contribution < 1.29 is 9.13 Å². The molecule has 0 bridgehead atoms. The third-order valence-corrected chi connectivity index (χ3v) is 4.07. The first-order valence-corrected chi connectivity index (χ1v) is 9.03. The lowest BCUT2D eigenvalue weighted by Crippen LogP contribution is -2.36. The van der Waals surface area contributed by atoms with Crippen LogP contribution in [0.2, 0.25) is 0 Å². The van der Waals surface area contributed by atoms with E-state index in [0.29, 0.717) is 25.7 Å². The minimum absolute atomic E-state index is 0. The number of benzene rings is 2. The molecule has 29 heavy (non-hydrogen) atoms. The first kappa shape index (κ1) is 22.6. The van der Waals surface area contributed by atoms with Gasteiger partial charge in [0.1, 0.15) is 18.2 Å². The Morgan fingerprint density at radius 1 is 0.966 bits per heavy atom. The molecule has 2 N–H and O–H groups in total. The highest BCUT2D eigenvalue weighted by Crippen LogP contribution is 2.13. The van der Waals surface area contributed by atoms with Gasteiger partial charge in [0.05, 0.1) is 5.69 Å². The monoisotopic (exact) mass is 506 g/mol. The number of halogens is 2. The number of hydrogen-bond acceptors (Lipinski definition) is 3. The second-order valence-electron chi connectivity index (χ2n) is 6.16. The third kappa shape index (κ3) is 7.69. The lowest BCUT2D eigenvalue weighted by atomic mass is 10.2. The molecule has 0 aliphatic carbocycles. The van der Waals surface area contributed by atoms with Crippen LogP contribution in [0.4, 0.5) is 4.39 Å². The minimum Gasteiger partial charge on any atom is -0.487 e. The maximum absolute atomic E-state index is 13.2. The van der Waals surface area contributed by atoms with Crippen molar-refractivity contribution in [1.29, 1.82) is 0 Å². The molecule has 0 spiro atoms. The van der Waals surface area contributed by atoms with Gasteiger partial charge in [0.2, 0.25) is 0 Å². The zero-order valence-corrected chi connectivity index (χ0v) is 18.5. The zero-order valence-electron chi connectivity index (χ0n) is 16.1. The van der Waals surface area contributed by atoms with Crippen LogP contribution in [0, 0.1) is 5.82 Å². The highest BCUT2D eigenvalue weighted by molar-refractivity contribution is 14.0. The number of pyridine rings is 1. The van der Waals surface area contributed by atoms with Crippen molar-refractivity contribution in [3.8, 4) is 5.75 Å². The SMILES string of the molecule is CN=C(NCc1ccc(OCc2ccccn2)cc1)NCc1cccc(F)c1.I. The van der Waals surface area contributed by atoms with E-state index >= 15 is 0 Å². The van der Waals surface area contributed by atoms with Crippen molar-refractivity contribution in [2.24, 2.45) is 4.99 Å². The zero-order chi connectivity index (χ0) is 19.6. The first-order valence-electron chi connectivity index (χ1n) is 9.03. The molecule has 0 unspecified atom stereocenters. The number of hydrogen-bond donors (Lipinski definition) is 2. The summed E-state index contributed by atoms with van der Waals surface area (Å²) in [6.07, 6.45) is 1.75. The van der Waals surface area contributed by atoms with Gasteiger partial charge < -0.3 is 15.4 Å². The summed E-state index contributed by atoms with van der Waals surface area (Å²) in [6, 6.07) is 20.1. The fraction of sp³-hybridized carbons (Fsp3) is 0.182. The molecule has 3 aromatic rings. The van der Waals surface area contributed by atoms with E-state index in [1.807, 2.05) is 48.5 Å². The van der Waals surface area contributed by atoms with Crippen LogP contribution in [0.3, 0.4) is 0 Å². The molecule has 3 rings (SSSR count). The molecule has 0 saturated heterocycles. The number of nitrogens with one attached hydrogen (secondary N) is 2. The second-order valence-corrected chi connectivity index (χ2v) is 6.16. The summed E-state index contributed by atoms with van der Waals surface area (Å²) >= 11 is 0. The Balaban J connectivity index is 0.00000300. The summed E-state index contributed by atoms with van der Waals surface area (Å²) in [5, 5.41) is 6.42. The summed E-state index contributed by atoms with van der Waals surface area (Å²) in [5.74, 6) is 1.20. The number of nitrogens with zero attached hydrogens (tertiary/aromatic N) is 2. The molecule has 1 aromatic heterocycles. The van der Waals surface area contributed by atoms with Crippen molar-refractivity contribution in [3.05, 3.63) is 95.6 Å². The van der Waals surface area contributed by atoms with E-state index in [2.05, 4.69) is 20.6 Å². The molecule has 0 aliphatic heterocycles. The van der Waals surface area contributed by atoms with E-state index in [1.165, 1.54) is 12.1 Å². The Bertz CT molecular complexity index is 904. The van der Waals surface area contributed by atoms with Crippen molar-refractivity contribution in [3.63, 3.8) is 0 Å². The maximum atomic E-state index is 13.2. The molecule has 152 valence electrons. The van der Waals surface area contributed by atoms with Gasteiger partial charge in [-0.25, -0.2) is 4.39 Å². The molecule has 0 atom stereocenters. The topological polar surface area (TPSA) is 58.5 Å². The van der Waals surface area contributed by atoms with Gasteiger partial charge in [-0.3, -0.25) is 9.98 Å². The number of aliphatic imine (C=N–C) groups is 1. The fourth-order valence-electron chi connectivity index (χ4n) is 2.58. The Morgan fingerprint density at radius 3 is 2.38 bits per heavy atom. The smallest absolute Gasteiger partial charge is 0.191 e. The van der Waals surface area contributed by atoms with E-state index in [1.54, 1.807) is 19.3 Å². The van der Waals surface area contributed by atoms with Gasteiger partial charge in [0, 0.05) is 26.3 Å². The van der Waals surface area contributed by atoms with Crippen LogP contribution in [0.1, 0.15) is 16.8 Å². The van der Waals surface area contributed by atoms with Gasteiger partial charge in [0.25, 0.3) is 0 Å². The molecule has 7 heteroatoms. The Kier molecular flexibility index (Phi) is 9.36. The number of rotatable bonds is 7. The number of ether oxygens (including phenoxy) is 1. The summed E-state index contributed by atoms with van der Waals surface area (Å²) in [7, 11) is 1.70. The predicted molar refractivity (Wildman–Crippen MR) is 124 cm³/mol. The summed E-state index contributed by atoms with van der Waals surface area (Å²) in [5.41, 5.74) is 2.85. The van der Waals surface area contributed by atoms with Crippen molar-refractivity contribution >= 4 is 29.9 Å². The van der Waals surface area contributed by atoms with Crippen LogP contribution in [0.25, 0.3) is 0 Å². The largest absolute Gasteiger partial charge is 0.487 e. The molecule has 0 amide bonds. The minimum atomic E-state index is -0.243. The van der Waals surface area contributed by atoms with Gasteiger partial charge in [0.15, 0.2) is 5.96 Å². The average molecular weight is 506 g/mol. The van der Waals surface area contributed by atoms with Crippen molar-refractivity contribution in [2.75, 3.05) is 7.05 Å². The van der Waals surface area contributed by atoms with Crippen LogP contribution in [-0.4, -0.2) is 18.0 Å². The van der Waals surface area contributed by atoms with Crippen LogP contribution in [0.5, 0.6) is 5.75 Å². The number of guanidine groups is 1. The fourth-order valence-corrected chi connectivity index (χ4v) is 2.58. The van der Waals surface area contributed by atoms with E-state index in [-0.39, 0.29) is 29.8 Å². The molecule has 1 heterocycles. The molecule has 0 saturated carbocycles. The van der Waals surface area contributed by atoms with Gasteiger partial charge >= 0.3 is 0 Å². The van der Waals surface area contributed by atoms with Crippen LogP contribution in [-0.2, 0) is 19.7 Å². The quantitative estimate of drug-likeness (QED) is 0.286. The first-order chi connectivity index (χ1) is 13.7. The molecule has 2 aromatic carbocycles. The highest BCUT2D eigenvalue weighted by Gasteiger charge is 2.01. The highest BCUT2D eigenvalue weighted by atomic mass is 127. The van der Waals surface area contributed by atoms with E-state index in [4.69, 9.17) is 4.74 Å². The second kappa shape index (κ2) is 12.0. The Morgan fingerprint density at radius 2 is 1.72 bits per heavy atom. The summed E-state index contributed by atoms with van der Waals surface area (Å²) in [4.78, 5) is 8.43. The van der Waals surface area contributed by atoms with Gasteiger partial charge in [-0.05, 0) is 47.5 Å². The Labute approximate surface area is 187 Å². The standard InChI is InChI=1S/C22H23FN4O.HI/c1-24-22(27-15-18-5-4-6-19(23)13-18)26-14-17-8-10-21(11-9-17)28-16-20-7-2-3-12-25-20;/h2-13H,14-16H2,1H3,(H2,24,26,27);1H. The van der Waals surface area contributed by atoms with E-state index in [0.717, 1.165) is 22.6 Å². The van der Waals surface area contributed by atoms with Crippen LogP contribution in [0.15, 0.2) is 77.9 Å². The van der Waals surface area contributed by atoms with Crippen LogP contribution >= 0.6 is 24.0 Å². The summed E-state index contributed by atoms with van der Waals surface area (Å²) in [6.45, 7) is 1.55. The predicted octanol–water partition coefficient (Wildman–Crippen LogP) is 4.28. The van der Waals surface area contributed by atoms with Gasteiger partial charge in [-0.15, -0.1) is 24.0 Å². The molecule has 0 aliphatic rings. The lowest BCUT2D eigenvalue weighted by molar-refractivity contribution is 0.301. The normalized spacial score (nSPS) is 10.8. The molecular weight excluding hydrogens is 482 g/mol. The van der Waals surface area contributed by atoms with Crippen molar-refractivity contribution in [1.82, 2.24) is 15.6 Å². The molecular formula is C22H24FIN4O. The molecule has 5 nitrogen and oxygen atoms in total. The summed E-state index contributed by atoms with van der Waals surface area (Å²) < 4.78 is 19.0.